The molecular formula is C22H22N2O2. The molecule has 0 unspecified atom stereocenters. The monoisotopic (exact) mass is 346 g/mol. The van der Waals surface area contributed by atoms with Gasteiger partial charge in [-0.25, -0.2) is 0 Å². The summed E-state index contributed by atoms with van der Waals surface area (Å²) >= 11 is 0. The first kappa shape index (κ1) is 17.7. The van der Waals surface area contributed by atoms with Gasteiger partial charge in [0, 0.05) is 35.6 Å². The Labute approximate surface area is 152 Å². The van der Waals surface area contributed by atoms with Crippen molar-refractivity contribution < 1.29 is 4.79 Å². The van der Waals surface area contributed by atoms with Gasteiger partial charge in [0.1, 0.15) is 0 Å². The number of benzene rings is 2. The van der Waals surface area contributed by atoms with Crippen LogP contribution in [0.2, 0.25) is 0 Å². The number of pyridine rings is 1. The highest BCUT2D eigenvalue weighted by Crippen LogP contribution is 2.16. The molecule has 0 radical (unpaired) electrons. The van der Waals surface area contributed by atoms with E-state index in [4.69, 9.17) is 0 Å². The molecule has 0 fully saturated rings. The van der Waals surface area contributed by atoms with Gasteiger partial charge in [-0.3, -0.25) is 9.59 Å². The van der Waals surface area contributed by atoms with E-state index in [-0.39, 0.29) is 11.5 Å². The summed E-state index contributed by atoms with van der Waals surface area (Å²) in [6.45, 7) is 6.56. The van der Waals surface area contributed by atoms with Gasteiger partial charge in [0.05, 0.1) is 0 Å². The molecule has 0 aliphatic rings. The third-order valence-corrected chi connectivity index (χ3v) is 4.36. The molecule has 2 aromatic carbocycles. The molecule has 0 saturated carbocycles. The predicted octanol–water partition coefficient (Wildman–Crippen LogP) is 3.68. The molecule has 132 valence electrons. The van der Waals surface area contributed by atoms with E-state index in [2.05, 4.69) is 11.6 Å². The molecule has 1 N–H and O–H groups in total. The van der Waals surface area contributed by atoms with Gasteiger partial charge in [0.2, 0.25) is 11.5 Å². The van der Waals surface area contributed by atoms with Crippen molar-refractivity contribution in [1.29, 1.82) is 0 Å². The van der Waals surface area contributed by atoms with Crippen molar-refractivity contribution in [1.82, 2.24) is 9.88 Å². The van der Waals surface area contributed by atoms with Crippen molar-refractivity contribution in [2.45, 2.75) is 19.9 Å². The average Bonchev–Trinajstić information content (AvgIpc) is 2.64. The second-order valence-corrected chi connectivity index (χ2v) is 6.45. The maximum Gasteiger partial charge on any atom is 0.249 e. The van der Waals surface area contributed by atoms with Gasteiger partial charge in [0.25, 0.3) is 0 Å². The number of hydrogen-bond donors (Lipinski definition) is 1. The van der Waals surface area contributed by atoms with Crippen LogP contribution in [0.3, 0.4) is 0 Å². The molecule has 1 heterocycles. The molecule has 0 spiro atoms. The topological polar surface area (TPSA) is 53.2 Å². The Morgan fingerprint density at radius 2 is 1.77 bits per heavy atom. The molecule has 3 aromatic rings. The molecule has 4 heteroatoms. The molecule has 0 atom stereocenters. The first-order valence-electron chi connectivity index (χ1n) is 8.64. The maximum absolute atomic E-state index is 12.6. The Balaban J connectivity index is 1.85. The van der Waals surface area contributed by atoms with Crippen LogP contribution >= 0.6 is 0 Å². The number of carbonyl (C=O) groups excluding carboxylic acids is 1. The number of H-pyrrole nitrogens is 1. The SMILES string of the molecule is C=C(C)C(=O)N(CCc1cc(=O)[nH]c2ccccc12)Cc1ccccc1. The summed E-state index contributed by atoms with van der Waals surface area (Å²) < 4.78 is 0. The van der Waals surface area contributed by atoms with E-state index in [1.807, 2.05) is 54.6 Å². The lowest BCUT2D eigenvalue weighted by Gasteiger charge is -2.23. The summed E-state index contributed by atoms with van der Waals surface area (Å²) in [5.74, 6) is -0.0667. The number of amides is 1. The minimum absolute atomic E-state index is 0.0667. The Hall–Kier alpha value is -3.14. The summed E-state index contributed by atoms with van der Waals surface area (Å²) in [5.41, 5.74) is 3.21. The van der Waals surface area contributed by atoms with Crippen LogP contribution in [0.25, 0.3) is 10.9 Å². The largest absolute Gasteiger partial charge is 0.334 e. The molecule has 1 aromatic heterocycles. The van der Waals surface area contributed by atoms with Crippen molar-refractivity contribution in [2.24, 2.45) is 0 Å². The molecule has 3 rings (SSSR count). The van der Waals surface area contributed by atoms with Crippen LogP contribution in [0.4, 0.5) is 0 Å². The van der Waals surface area contributed by atoms with E-state index < -0.39 is 0 Å². The summed E-state index contributed by atoms with van der Waals surface area (Å²) in [5, 5.41) is 1.01. The molecule has 0 bridgehead atoms. The van der Waals surface area contributed by atoms with Crippen LogP contribution in [-0.4, -0.2) is 22.3 Å². The number of carbonyl (C=O) groups is 1. The van der Waals surface area contributed by atoms with Crippen molar-refractivity contribution in [3.05, 3.63) is 94.3 Å². The standard InChI is InChI=1S/C22H22N2O2/c1-16(2)22(26)24(15-17-8-4-3-5-9-17)13-12-18-14-21(25)23-20-11-7-6-10-19(18)20/h3-11,14H,1,12-13,15H2,2H3,(H,23,25). The van der Waals surface area contributed by atoms with E-state index in [0.29, 0.717) is 25.1 Å². The van der Waals surface area contributed by atoms with Crippen LogP contribution in [0.1, 0.15) is 18.1 Å². The number of aromatic amines is 1. The predicted molar refractivity (Wildman–Crippen MR) is 105 cm³/mol. The Kier molecular flexibility index (Phi) is 5.32. The van der Waals surface area contributed by atoms with Crippen LogP contribution in [0.15, 0.2) is 77.6 Å². The zero-order chi connectivity index (χ0) is 18.5. The maximum atomic E-state index is 12.6. The van der Waals surface area contributed by atoms with Crippen LogP contribution < -0.4 is 5.56 Å². The van der Waals surface area contributed by atoms with E-state index in [9.17, 15) is 9.59 Å². The lowest BCUT2D eigenvalue weighted by molar-refractivity contribution is -0.127. The smallest absolute Gasteiger partial charge is 0.249 e. The number of hydrogen-bond acceptors (Lipinski definition) is 2. The minimum Gasteiger partial charge on any atom is -0.334 e. The van der Waals surface area contributed by atoms with E-state index in [1.54, 1.807) is 17.9 Å². The second-order valence-electron chi connectivity index (χ2n) is 6.45. The van der Waals surface area contributed by atoms with Gasteiger partial charge < -0.3 is 9.88 Å². The Morgan fingerprint density at radius 1 is 1.08 bits per heavy atom. The summed E-state index contributed by atoms with van der Waals surface area (Å²) in [6.07, 6.45) is 0.607. The quantitative estimate of drug-likeness (QED) is 0.692. The molecule has 1 amide bonds. The van der Waals surface area contributed by atoms with Crippen molar-refractivity contribution >= 4 is 16.8 Å². The number of nitrogens with one attached hydrogen (secondary N) is 1. The molecule has 0 aliphatic carbocycles. The zero-order valence-electron chi connectivity index (χ0n) is 14.9. The highest BCUT2D eigenvalue weighted by atomic mass is 16.2. The molecular weight excluding hydrogens is 324 g/mol. The van der Waals surface area contributed by atoms with Crippen LogP contribution in [0, 0.1) is 0 Å². The Morgan fingerprint density at radius 3 is 2.50 bits per heavy atom. The fourth-order valence-corrected chi connectivity index (χ4v) is 3.07. The van der Waals surface area contributed by atoms with E-state index in [0.717, 1.165) is 22.0 Å². The van der Waals surface area contributed by atoms with Gasteiger partial charge in [-0.1, -0.05) is 55.1 Å². The summed E-state index contributed by atoms with van der Waals surface area (Å²) in [4.78, 5) is 29.1. The van der Waals surface area contributed by atoms with Crippen LogP contribution in [-0.2, 0) is 17.8 Å². The van der Waals surface area contributed by atoms with Gasteiger partial charge in [-0.05, 0) is 30.5 Å². The van der Waals surface area contributed by atoms with Crippen molar-refractivity contribution in [3.8, 4) is 0 Å². The highest BCUT2D eigenvalue weighted by Gasteiger charge is 2.15. The summed E-state index contributed by atoms with van der Waals surface area (Å²) in [7, 11) is 0. The minimum atomic E-state index is -0.125. The first-order valence-corrected chi connectivity index (χ1v) is 8.64. The average molecular weight is 346 g/mol. The Bertz CT molecular complexity index is 990. The van der Waals surface area contributed by atoms with Crippen molar-refractivity contribution in [3.63, 3.8) is 0 Å². The fraction of sp³-hybridized carbons (Fsp3) is 0.182. The van der Waals surface area contributed by atoms with Gasteiger partial charge in [-0.2, -0.15) is 0 Å². The normalized spacial score (nSPS) is 10.7. The third-order valence-electron chi connectivity index (χ3n) is 4.36. The molecule has 0 saturated heterocycles. The summed E-state index contributed by atoms with van der Waals surface area (Å²) in [6, 6.07) is 19.2. The zero-order valence-corrected chi connectivity index (χ0v) is 14.9. The number of rotatable bonds is 6. The second kappa shape index (κ2) is 7.83. The first-order chi connectivity index (χ1) is 12.5. The lowest BCUT2D eigenvalue weighted by atomic mass is 10.1. The fourth-order valence-electron chi connectivity index (χ4n) is 3.07. The molecule has 0 aliphatic heterocycles. The van der Waals surface area contributed by atoms with Gasteiger partial charge in [-0.15, -0.1) is 0 Å². The van der Waals surface area contributed by atoms with E-state index in [1.165, 1.54) is 0 Å². The number of aromatic nitrogens is 1. The van der Waals surface area contributed by atoms with Crippen LogP contribution in [0.5, 0.6) is 0 Å². The lowest BCUT2D eigenvalue weighted by Crippen LogP contribution is -2.33. The molecule has 26 heavy (non-hydrogen) atoms. The van der Waals surface area contributed by atoms with Gasteiger partial charge in [0.15, 0.2) is 0 Å². The number of nitrogens with zero attached hydrogens (tertiary/aromatic N) is 1. The van der Waals surface area contributed by atoms with Gasteiger partial charge >= 0.3 is 0 Å². The molecule has 4 nitrogen and oxygen atoms in total. The number of fused-ring (bicyclic) bond motifs is 1. The highest BCUT2D eigenvalue weighted by molar-refractivity contribution is 5.92. The van der Waals surface area contributed by atoms with E-state index >= 15 is 0 Å². The number of para-hydroxylation sites is 1. The van der Waals surface area contributed by atoms with Crippen molar-refractivity contribution in [2.75, 3.05) is 6.54 Å². The third kappa shape index (κ3) is 4.09.